The summed E-state index contributed by atoms with van der Waals surface area (Å²) in [6.45, 7) is 4.84. The fourth-order valence-corrected chi connectivity index (χ4v) is 10.6. The molecule has 6 aromatic carbocycles. The van der Waals surface area contributed by atoms with Crippen LogP contribution in [0.5, 0.6) is 0 Å². The molecule has 0 saturated heterocycles. The summed E-state index contributed by atoms with van der Waals surface area (Å²) in [4.78, 5) is 0. The molecule has 0 saturated carbocycles. The second-order valence-corrected chi connectivity index (χ2v) is 15.6. The van der Waals surface area contributed by atoms with Gasteiger partial charge in [0.25, 0.3) is 0 Å². The highest BCUT2D eigenvalue weighted by atomic mass is 31.1. The van der Waals surface area contributed by atoms with Gasteiger partial charge in [-0.1, -0.05) is 170 Å². The van der Waals surface area contributed by atoms with Crippen LogP contribution in [0.15, 0.2) is 170 Å². The van der Waals surface area contributed by atoms with E-state index in [-0.39, 0.29) is 0 Å². The zero-order valence-corrected chi connectivity index (χ0v) is 27.5. The van der Waals surface area contributed by atoms with Gasteiger partial charge in [0.1, 0.15) is 0 Å². The van der Waals surface area contributed by atoms with Crippen molar-refractivity contribution in [2.75, 3.05) is 6.54 Å². The lowest BCUT2D eigenvalue weighted by Crippen LogP contribution is -2.37. The minimum atomic E-state index is -0.641. The smallest absolute Gasteiger partial charge is 0.0215 e. The summed E-state index contributed by atoms with van der Waals surface area (Å²) < 4.78 is 0. The average Bonchev–Trinajstić information content (AvgIpc) is 3.11. The molecule has 0 fully saturated rings. The van der Waals surface area contributed by atoms with E-state index in [0.29, 0.717) is 6.04 Å². The maximum atomic E-state index is 3.82. The molecule has 1 atom stereocenters. The maximum absolute atomic E-state index is 3.82. The van der Waals surface area contributed by atoms with Crippen molar-refractivity contribution in [2.45, 2.75) is 26.1 Å². The summed E-state index contributed by atoms with van der Waals surface area (Å²) in [5, 5.41) is 16.0. The Bertz CT molecular complexity index is 1670. The van der Waals surface area contributed by atoms with E-state index in [1.165, 1.54) is 43.0 Å². The highest BCUT2D eigenvalue weighted by Crippen LogP contribution is 2.35. The molecular formula is C41H40N2P2. The van der Waals surface area contributed by atoms with Crippen LogP contribution in [0.3, 0.4) is 0 Å². The summed E-state index contributed by atoms with van der Waals surface area (Å²) in [5.74, 6) is 0. The van der Waals surface area contributed by atoms with Gasteiger partial charge in [0, 0.05) is 25.7 Å². The lowest BCUT2D eigenvalue weighted by molar-refractivity contribution is 0.502. The van der Waals surface area contributed by atoms with Crippen molar-refractivity contribution in [1.29, 1.82) is 0 Å². The maximum Gasteiger partial charge on any atom is 0.0215 e. The fourth-order valence-electron chi connectivity index (χ4n) is 5.70. The number of hydrogen-bond acceptors (Lipinski definition) is 2. The molecule has 0 amide bonds. The molecule has 2 N–H and O–H groups in total. The average molecular weight is 623 g/mol. The number of rotatable bonds is 13. The Morgan fingerprint density at radius 2 is 0.756 bits per heavy atom. The van der Waals surface area contributed by atoms with Crippen molar-refractivity contribution in [3.05, 3.63) is 181 Å². The number of hydrogen-bond donors (Lipinski definition) is 2. The van der Waals surface area contributed by atoms with Gasteiger partial charge < -0.3 is 10.6 Å². The van der Waals surface area contributed by atoms with Gasteiger partial charge in [-0.05, 0) is 65.7 Å². The quantitative estimate of drug-likeness (QED) is 0.144. The summed E-state index contributed by atoms with van der Waals surface area (Å²) in [6, 6.07) is 62.1. The second-order valence-electron chi connectivity index (χ2n) is 11.2. The Hall–Kier alpha value is -3.90. The summed E-state index contributed by atoms with van der Waals surface area (Å²) in [6.07, 6.45) is 0. The molecule has 4 heteroatoms. The molecule has 0 heterocycles. The Balaban J connectivity index is 1.14. The van der Waals surface area contributed by atoms with E-state index < -0.39 is 15.8 Å². The Kier molecular flexibility index (Phi) is 11.0. The fraction of sp³-hybridized carbons (Fsp3) is 0.122. The lowest BCUT2D eigenvalue weighted by atomic mass is 10.2. The molecule has 6 rings (SSSR count). The van der Waals surface area contributed by atoms with E-state index in [9.17, 15) is 0 Å². The van der Waals surface area contributed by atoms with Crippen LogP contribution in [-0.4, -0.2) is 12.6 Å². The molecule has 0 spiro atoms. The Labute approximate surface area is 271 Å². The van der Waals surface area contributed by atoms with Gasteiger partial charge in [0.2, 0.25) is 0 Å². The van der Waals surface area contributed by atoms with Crippen LogP contribution >= 0.6 is 15.8 Å². The van der Waals surface area contributed by atoms with Crippen molar-refractivity contribution < 1.29 is 0 Å². The Morgan fingerprint density at radius 3 is 1.16 bits per heavy atom. The molecule has 0 aliphatic carbocycles. The van der Waals surface area contributed by atoms with Crippen molar-refractivity contribution in [1.82, 2.24) is 10.6 Å². The van der Waals surface area contributed by atoms with Crippen LogP contribution in [0.1, 0.15) is 18.1 Å². The van der Waals surface area contributed by atoms with Crippen molar-refractivity contribution >= 4 is 47.7 Å². The third-order valence-electron chi connectivity index (χ3n) is 7.93. The predicted molar refractivity (Wildman–Crippen MR) is 198 cm³/mol. The summed E-state index contributed by atoms with van der Waals surface area (Å²) in [7, 11) is -1.28. The molecule has 0 radical (unpaired) electrons. The first-order chi connectivity index (χ1) is 22.3. The number of benzene rings is 6. The highest BCUT2D eigenvalue weighted by Gasteiger charge is 2.20. The molecule has 0 unspecified atom stereocenters. The zero-order chi connectivity index (χ0) is 30.7. The Morgan fingerprint density at radius 1 is 0.422 bits per heavy atom. The SMILES string of the molecule is C[C@H](CNCc1ccccc1P(c1ccccc1)c1ccccc1)NCc1ccccc1P(c1ccccc1)c1ccccc1. The molecule has 45 heavy (non-hydrogen) atoms. The molecule has 6 aromatic rings. The van der Waals surface area contributed by atoms with Gasteiger partial charge in [-0.3, -0.25) is 0 Å². The predicted octanol–water partition coefficient (Wildman–Crippen LogP) is 6.47. The van der Waals surface area contributed by atoms with E-state index in [1.54, 1.807) is 0 Å². The summed E-state index contributed by atoms with van der Waals surface area (Å²) in [5.41, 5.74) is 2.73. The van der Waals surface area contributed by atoms with Crippen molar-refractivity contribution in [3.8, 4) is 0 Å². The van der Waals surface area contributed by atoms with Gasteiger partial charge in [0.05, 0.1) is 0 Å². The van der Waals surface area contributed by atoms with Crippen LogP contribution in [0.2, 0.25) is 0 Å². The van der Waals surface area contributed by atoms with Crippen LogP contribution in [-0.2, 0) is 13.1 Å². The van der Waals surface area contributed by atoms with E-state index in [1.807, 2.05) is 0 Å². The van der Waals surface area contributed by atoms with E-state index >= 15 is 0 Å². The molecule has 0 bridgehead atoms. The van der Waals surface area contributed by atoms with Crippen LogP contribution in [0.25, 0.3) is 0 Å². The normalized spacial score (nSPS) is 12.0. The molecule has 0 aliphatic rings. The lowest BCUT2D eigenvalue weighted by Gasteiger charge is -2.24. The summed E-state index contributed by atoms with van der Waals surface area (Å²) >= 11 is 0. The van der Waals surface area contributed by atoms with Gasteiger partial charge in [-0.15, -0.1) is 0 Å². The molecular weight excluding hydrogens is 582 g/mol. The van der Waals surface area contributed by atoms with Gasteiger partial charge >= 0.3 is 0 Å². The third kappa shape index (κ3) is 8.04. The monoisotopic (exact) mass is 622 g/mol. The zero-order valence-electron chi connectivity index (χ0n) is 25.8. The van der Waals surface area contributed by atoms with Crippen LogP contribution in [0.4, 0.5) is 0 Å². The molecule has 224 valence electrons. The van der Waals surface area contributed by atoms with Crippen LogP contribution in [0, 0.1) is 0 Å². The molecule has 0 aliphatic heterocycles. The highest BCUT2D eigenvalue weighted by molar-refractivity contribution is 7.80. The number of nitrogens with one attached hydrogen (secondary N) is 2. The van der Waals surface area contributed by atoms with Crippen molar-refractivity contribution in [2.24, 2.45) is 0 Å². The topological polar surface area (TPSA) is 24.1 Å². The standard InChI is InChI=1S/C41H40N2P2/c1-33(43-32-35-19-15-17-29-41(35)45(38-24-10-4-11-25-38)39-26-12-5-13-27-39)30-42-31-34-18-14-16-28-40(34)44(36-20-6-2-7-21-36)37-22-8-3-9-23-37/h2-29,33,42-43H,30-32H2,1H3/t33-/m1/s1. The third-order valence-corrected chi connectivity index (χ3v) is 13.0. The van der Waals surface area contributed by atoms with Gasteiger partial charge in [-0.2, -0.15) is 0 Å². The molecule has 2 nitrogen and oxygen atoms in total. The second kappa shape index (κ2) is 15.9. The largest absolute Gasteiger partial charge is 0.311 e. The molecule has 0 aromatic heterocycles. The van der Waals surface area contributed by atoms with Gasteiger partial charge in [0.15, 0.2) is 0 Å². The van der Waals surface area contributed by atoms with Crippen molar-refractivity contribution in [3.63, 3.8) is 0 Å². The first kappa shape index (κ1) is 31.1. The van der Waals surface area contributed by atoms with Gasteiger partial charge in [-0.25, -0.2) is 0 Å². The van der Waals surface area contributed by atoms with E-state index in [0.717, 1.165) is 19.6 Å². The van der Waals surface area contributed by atoms with E-state index in [2.05, 4.69) is 187 Å². The first-order valence-electron chi connectivity index (χ1n) is 15.7. The minimum absolute atomic E-state index is 0.314. The van der Waals surface area contributed by atoms with E-state index in [4.69, 9.17) is 0 Å². The first-order valence-corrected chi connectivity index (χ1v) is 18.4. The van der Waals surface area contributed by atoms with Crippen LogP contribution < -0.4 is 42.5 Å². The minimum Gasteiger partial charge on any atom is -0.311 e.